The largest absolute Gasteiger partial charge is 0.341 e. The highest BCUT2D eigenvalue weighted by Gasteiger charge is 2.54. The second-order valence-corrected chi connectivity index (χ2v) is 5.18. The van der Waals surface area contributed by atoms with Gasteiger partial charge in [0.05, 0.1) is 0 Å². The summed E-state index contributed by atoms with van der Waals surface area (Å²) in [5.41, 5.74) is 0. The number of carbonyl (C=O) groups excluding carboxylic acids is 1. The molecule has 2 rings (SSSR count). The van der Waals surface area contributed by atoms with Crippen molar-refractivity contribution < 1.29 is 13.6 Å². The molecule has 2 aliphatic rings. The number of alkyl halides is 3. The fraction of sp³-hybridized carbons (Fsp3) is 0.900. The third-order valence-corrected chi connectivity index (χ3v) is 3.67. The van der Waals surface area contributed by atoms with Gasteiger partial charge in [-0.1, -0.05) is 0 Å². The van der Waals surface area contributed by atoms with Gasteiger partial charge in [-0.15, -0.1) is 11.6 Å². The lowest BCUT2D eigenvalue weighted by Crippen LogP contribution is -2.36. The van der Waals surface area contributed by atoms with Crippen LogP contribution in [0.4, 0.5) is 8.78 Å². The average molecular weight is 238 g/mol. The van der Waals surface area contributed by atoms with Crippen molar-refractivity contribution in [3.63, 3.8) is 0 Å². The molecule has 0 spiro atoms. The summed E-state index contributed by atoms with van der Waals surface area (Å²) in [5.74, 6) is -3.48. The van der Waals surface area contributed by atoms with E-state index in [1.165, 1.54) is 4.90 Å². The lowest BCUT2D eigenvalue weighted by atomic mass is 9.99. The number of hydrogen-bond donors (Lipinski definition) is 0. The normalized spacial score (nSPS) is 35.3. The van der Waals surface area contributed by atoms with E-state index >= 15 is 0 Å². The van der Waals surface area contributed by atoms with Crippen molar-refractivity contribution in [2.75, 3.05) is 13.1 Å². The predicted octanol–water partition coefficient (Wildman–Crippen LogP) is 2.12. The van der Waals surface area contributed by atoms with Gasteiger partial charge in [0.2, 0.25) is 5.91 Å². The number of halogens is 3. The zero-order chi connectivity index (χ0) is 11.2. The molecule has 0 N–H and O–H groups in total. The molecule has 0 unspecified atom stereocenters. The van der Waals surface area contributed by atoms with E-state index in [1.54, 1.807) is 6.92 Å². The number of amides is 1. The molecule has 0 bridgehead atoms. The Hall–Kier alpha value is -0.380. The molecule has 1 saturated heterocycles. The van der Waals surface area contributed by atoms with Crippen LogP contribution in [0.5, 0.6) is 0 Å². The third kappa shape index (κ3) is 1.84. The van der Waals surface area contributed by atoms with Crippen LogP contribution in [-0.2, 0) is 4.79 Å². The molecule has 0 aromatic heterocycles. The van der Waals surface area contributed by atoms with Crippen LogP contribution in [0.3, 0.4) is 0 Å². The number of carbonyl (C=O) groups is 1. The minimum absolute atomic E-state index is 0.0270. The molecule has 15 heavy (non-hydrogen) atoms. The number of nitrogens with zero attached hydrogens (tertiary/aromatic N) is 1. The van der Waals surface area contributed by atoms with Gasteiger partial charge < -0.3 is 4.90 Å². The zero-order valence-electron chi connectivity index (χ0n) is 8.55. The molecule has 0 aromatic carbocycles. The smallest absolute Gasteiger partial charge is 0.252 e. The highest BCUT2D eigenvalue weighted by atomic mass is 35.5. The molecule has 5 heteroatoms. The summed E-state index contributed by atoms with van der Waals surface area (Å²) < 4.78 is 26.7. The van der Waals surface area contributed by atoms with E-state index in [-0.39, 0.29) is 24.8 Å². The first-order chi connectivity index (χ1) is 6.92. The maximum Gasteiger partial charge on any atom is 0.252 e. The summed E-state index contributed by atoms with van der Waals surface area (Å²) in [5, 5.41) is -0.613. The quantitative estimate of drug-likeness (QED) is 0.640. The first-order valence-electron chi connectivity index (χ1n) is 5.22. The summed E-state index contributed by atoms with van der Waals surface area (Å²) >= 11 is 5.66. The third-order valence-electron chi connectivity index (χ3n) is 3.48. The molecule has 1 aliphatic heterocycles. The molecule has 3 atom stereocenters. The monoisotopic (exact) mass is 237 g/mol. The number of rotatable bonds is 1. The number of hydrogen-bond acceptors (Lipinski definition) is 1. The highest BCUT2D eigenvalue weighted by Crippen LogP contribution is 2.48. The minimum Gasteiger partial charge on any atom is -0.341 e. The van der Waals surface area contributed by atoms with Gasteiger partial charge in [0.1, 0.15) is 5.38 Å². The molecule has 0 aromatic rings. The van der Waals surface area contributed by atoms with E-state index in [9.17, 15) is 13.6 Å². The van der Waals surface area contributed by atoms with Crippen molar-refractivity contribution >= 4 is 17.5 Å². The van der Waals surface area contributed by atoms with Crippen molar-refractivity contribution in [3.05, 3.63) is 0 Å². The molecule has 2 nitrogen and oxygen atoms in total. The molecular formula is C10H14ClF2NO. The van der Waals surface area contributed by atoms with Gasteiger partial charge in [-0.3, -0.25) is 4.79 Å². The lowest BCUT2D eigenvalue weighted by Gasteiger charge is -2.21. The maximum absolute atomic E-state index is 13.4. The van der Waals surface area contributed by atoms with E-state index in [2.05, 4.69) is 0 Å². The SMILES string of the molecule is C[C@H](Cl)C(=O)N1C[C@H]2CCC(F)(F)[C@@H]2C1. The van der Waals surface area contributed by atoms with Gasteiger partial charge in [0.15, 0.2) is 0 Å². The zero-order valence-corrected chi connectivity index (χ0v) is 9.31. The average Bonchev–Trinajstić information content (AvgIpc) is 2.66. The first kappa shape index (κ1) is 11.1. The molecule has 1 amide bonds. The van der Waals surface area contributed by atoms with E-state index in [4.69, 9.17) is 11.6 Å². The highest BCUT2D eigenvalue weighted by molar-refractivity contribution is 6.30. The van der Waals surface area contributed by atoms with E-state index in [1.807, 2.05) is 0 Å². The van der Waals surface area contributed by atoms with Crippen molar-refractivity contribution in [1.82, 2.24) is 4.90 Å². The Morgan fingerprint density at radius 1 is 1.53 bits per heavy atom. The Morgan fingerprint density at radius 3 is 2.73 bits per heavy atom. The van der Waals surface area contributed by atoms with Crippen LogP contribution in [0.25, 0.3) is 0 Å². The van der Waals surface area contributed by atoms with Gasteiger partial charge in [0, 0.05) is 25.4 Å². The van der Waals surface area contributed by atoms with Crippen LogP contribution in [0.2, 0.25) is 0 Å². The molecule has 1 heterocycles. The summed E-state index contributed by atoms with van der Waals surface area (Å²) in [4.78, 5) is 13.0. The van der Waals surface area contributed by atoms with Crippen LogP contribution >= 0.6 is 11.6 Å². The Bertz CT molecular complexity index is 283. The lowest BCUT2D eigenvalue weighted by molar-refractivity contribution is -0.130. The van der Waals surface area contributed by atoms with Crippen LogP contribution < -0.4 is 0 Å². The van der Waals surface area contributed by atoms with E-state index < -0.39 is 17.2 Å². The van der Waals surface area contributed by atoms with Gasteiger partial charge in [-0.05, 0) is 19.3 Å². The Labute approximate surface area is 92.6 Å². The van der Waals surface area contributed by atoms with Crippen molar-refractivity contribution in [2.24, 2.45) is 11.8 Å². The second kappa shape index (κ2) is 3.58. The van der Waals surface area contributed by atoms with Crippen LogP contribution in [0, 0.1) is 11.8 Å². The number of fused-ring (bicyclic) bond motifs is 1. The topological polar surface area (TPSA) is 20.3 Å². The summed E-state index contributed by atoms with van der Waals surface area (Å²) in [7, 11) is 0. The standard InChI is InChI=1S/C10H14ClF2NO/c1-6(11)9(15)14-4-7-2-3-10(12,13)8(7)5-14/h6-8H,2-5H2,1H3/t6-,7+,8+/m0/s1. The Balaban J connectivity index is 2.05. The second-order valence-electron chi connectivity index (χ2n) is 4.53. The Kier molecular flexibility index (Phi) is 2.65. The maximum atomic E-state index is 13.4. The summed E-state index contributed by atoms with van der Waals surface area (Å²) in [6, 6.07) is 0. The fourth-order valence-electron chi connectivity index (χ4n) is 2.64. The molecule has 1 aliphatic carbocycles. The van der Waals surface area contributed by atoms with Gasteiger partial charge in [0.25, 0.3) is 5.92 Å². The van der Waals surface area contributed by atoms with Crippen molar-refractivity contribution in [3.8, 4) is 0 Å². The Morgan fingerprint density at radius 2 is 2.20 bits per heavy atom. The number of likely N-dealkylation sites (tertiary alicyclic amines) is 1. The van der Waals surface area contributed by atoms with Gasteiger partial charge >= 0.3 is 0 Å². The van der Waals surface area contributed by atoms with Crippen molar-refractivity contribution in [1.29, 1.82) is 0 Å². The first-order valence-corrected chi connectivity index (χ1v) is 5.66. The van der Waals surface area contributed by atoms with E-state index in [0.29, 0.717) is 13.0 Å². The molecule has 2 fully saturated rings. The minimum atomic E-state index is -2.59. The summed E-state index contributed by atoms with van der Waals surface area (Å²) in [6.45, 7) is 2.21. The van der Waals surface area contributed by atoms with E-state index in [0.717, 1.165) is 0 Å². The van der Waals surface area contributed by atoms with Gasteiger partial charge in [-0.25, -0.2) is 8.78 Å². The molecule has 0 radical (unpaired) electrons. The van der Waals surface area contributed by atoms with Crippen molar-refractivity contribution in [2.45, 2.75) is 31.1 Å². The predicted molar refractivity (Wildman–Crippen MR) is 53.1 cm³/mol. The van der Waals surface area contributed by atoms with Crippen LogP contribution in [0.15, 0.2) is 0 Å². The summed E-state index contributed by atoms with van der Waals surface area (Å²) in [6.07, 6.45) is 0.499. The van der Waals surface area contributed by atoms with Gasteiger partial charge in [-0.2, -0.15) is 0 Å². The van der Waals surface area contributed by atoms with Crippen LogP contribution in [-0.4, -0.2) is 35.2 Å². The molecule has 86 valence electrons. The molecule has 1 saturated carbocycles. The molecular weight excluding hydrogens is 224 g/mol. The fourth-order valence-corrected chi connectivity index (χ4v) is 2.77. The van der Waals surface area contributed by atoms with Crippen LogP contribution in [0.1, 0.15) is 19.8 Å².